The van der Waals surface area contributed by atoms with E-state index in [9.17, 15) is 0 Å². The van der Waals surface area contributed by atoms with Gasteiger partial charge in [0.1, 0.15) is 0 Å². The number of rotatable bonds is 0. The first-order valence-corrected chi connectivity index (χ1v) is 6.57. The molecule has 0 spiro atoms. The van der Waals surface area contributed by atoms with E-state index in [1.165, 1.54) is 49.7 Å². The van der Waals surface area contributed by atoms with E-state index in [-0.39, 0.29) is 5.38 Å². The highest BCUT2D eigenvalue weighted by atomic mass is 35.5. The van der Waals surface area contributed by atoms with Crippen LogP contribution in [0.15, 0.2) is 12.1 Å². The summed E-state index contributed by atoms with van der Waals surface area (Å²) in [5.74, 6) is 0. The molecule has 1 aromatic carbocycles. The van der Waals surface area contributed by atoms with Gasteiger partial charge < -0.3 is 0 Å². The summed E-state index contributed by atoms with van der Waals surface area (Å²) in [6.07, 6.45) is 8.90. The zero-order chi connectivity index (χ0) is 10.3. The maximum Gasteiger partial charge on any atom is 0.0588 e. The van der Waals surface area contributed by atoms with Crippen LogP contribution in [0.3, 0.4) is 0 Å². The van der Waals surface area contributed by atoms with Gasteiger partial charge in [-0.15, -0.1) is 11.6 Å². The lowest BCUT2D eigenvalue weighted by Gasteiger charge is -2.13. The zero-order valence-electron chi connectivity index (χ0n) is 9.06. The molecule has 0 aliphatic heterocycles. The van der Waals surface area contributed by atoms with Crippen LogP contribution >= 0.6 is 11.6 Å². The second-order valence-electron chi connectivity index (χ2n) is 4.89. The van der Waals surface area contributed by atoms with Gasteiger partial charge in [0.15, 0.2) is 0 Å². The van der Waals surface area contributed by atoms with E-state index in [2.05, 4.69) is 12.1 Å². The Morgan fingerprint density at radius 1 is 0.867 bits per heavy atom. The summed E-state index contributed by atoms with van der Waals surface area (Å²) >= 11 is 6.45. The molecule has 80 valence electrons. The molecule has 0 saturated heterocycles. The van der Waals surface area contributed by atoms with Gasteiger partial charge in [-0.1, -0.05) is 18.6 Å². The molecule has 1 heteroatoms. The van der Waals surface area contributed by atoms with Crippen LogP contribution in [0.4, 0.5) is 0 Å². The minimum atomic E-state index is 0.272. The average molecular weight is 221 g/mol. The molecule has 0 aromatic heterocycles. The minimum absolute atomic E-state index is 0.272. The van der Waals surface area contributed by atoms with Gasteiger partial charge in [-0.3, -0.25) is 0 Å². The van der Waals surface area contributed by atoms with Gasteiger partial charge in [0.05, 0.1) is 5.38 Å². The predicted octanol–water partition coefficient (Wildman–Crippen LogP) is 4.18. The predicted molar refractivity (Wildman–Crippen MR) is 64.6 cm³/mol. The summed E-state index contributed by atoms with van der Waals surface area (Å²) in [5, 5.41) is 0.272. The smallest absolute Gasteiger partial charge is 0.0588 e. The summed E-state index contributed by atoms with van der Waals surface area (Å²) in [6.45, 7) is 0. The Hall–Kier alpha value is -0.490. The topological polar surface area (TPSA) is 0 Å². The van der Waals surface area contributed by atoms with E-state index >= 15 is 0 Å². The van der Waals surface area contributed by atoms with Gasteiger partial charge in [-0.25, -0.2) is 0 Å². The third-order valence-electron chi connectivity index (χ3n) is 3.84. The third kappa shape index (κ3) is 1.69. The van der Waals surface area contributed by atoms with Gasteiger partial charge in [-0.05, 0) is 60.8 Å². The van der Waals surface area contributed by atoms with E-state index in [0.717, 1.165) is 6.42 Å². The maximum absolute atomic E-state index is 6.45. The van der Waals surface area contributed by atoms with Crippen molar-refractivity contribution in [3.63, 3.8) is 0 Å². The summed E-state index contributed by atoms with van der Waals surface area (Å²) in [6, 6.07) is 4.85. The van der Waals surface area contributed by atoms with Crippen LogP contribution in [0.25, 0.3) is 0 Å². The average Bonchev–Trinajstić information content (AvgIpc) is 2.62. The Kier molecular flexibility index (Phi) is 2.48. The van der Waals surface area contributed by atoms with Gasteiger partial charge in [0.2, 0.25) is 0 Å². The van der Waals surface area contributed by atoms with Gasteiger partial charge >= 0.3 is 0 Å². The summed E-state index contributed by atoms with van der Waals surface area (Å²) < 4.78 is 0. The third-order valence-corrected chi connectivity index (χ3v) is 4.30. The number of alkyl halides is 1. The van der Waals surface area contributed by atoms with Crippen LogP contribution in [0, 0.1) is 0 Å². The molecule has 3 rings (SSSR count). The normalized spacial score (nSPS) is 24.5. The lowest BCUT2D eigenvalue weighted by molar-refractivity contribution is 0.699. The number of hydrogen-bond donors (Lipinski definition) is 0. The number of hydrogen-bond acceptors (Lipinski definition) is 0. The molecule has 0 heterocycles. The van der Waals surface area contributed by atoms with Crippen LogP contribution < -0.4 is 0 Å². The number of fused-ring (bicyclic) bond motifs is 2. The first-order valence-electron chi connectivity index (χ1n) is 6.13. The first-order chi connectivity index (χ1) is 7.34. The van der Waals surface area contributed by atoms with Crippen LogP contribution in [0.2, 0.25) is 0 Å². The Morgan fingerprint density at radius 3 is 2.47 bits per heavy atom. The van der Waals surface area contributed by atoms with Crippen molar-refractivity contribution in [3.05, 3.63) is 34.4 Å². The molecule has 1 unspecified atom stereocenters. The molecule has 0 fully saturated rings. The van der Waals surface area contributed by atoms with Crippen molar-refractivity contribution in [2.24, 2.45) is 0 Å². The molecule has 0 nitrogen and oxygen atoms in total. The fourth-order valence-electron chi connectivity index (χ4n) is 3.00. The summed E-state index contributed by atoms with van der Waals surface area (Å²) in [5.41, 5.74) is 6.14. The molecular formula is C14H17Cl. The highest BCUT2D eigenvalue weighted by Gasteiger charge is 2.20. The standard InChI is InChI=1S/C14H17Cl/c15-14-7-2-1-4-12-8-10-5-3-6-11(10)9-13(12)14/h8-9,14H,1-7H2. The maximum atomic E-state index is 6.45. The minimum Gasteiger partial charge on any atom is -0.118 e. The number of halogens is 1. The van der Waals surface area contributed by atoms with Crippen LogP contribution in [0.1, 0.15) is 53.3 Å². The molecule has 2 aliphatic rings. The van der Waals surface area contributed by atoms with Gasteiger partial charge in [-0.2, -0.15) is 0 Å². The van der Waals surface area contributed by atoms with Crippen LogP contribution in [0.5, 0.6) is 0 Å². The SMILES string of the molecule is ClC1CCCCc2cc3c(cc21)CCC3. The molecule has 0 bridgehead atoms. The summed E-state index contributed by atoms with van der Waals surface area (Å²) in [7, 11) is 0. The summed E-state index contributed by atoms with van der Waals surface area (Å²) in [4.78, 5) is 0. The Balaban J connectivity index is 2.09. The molecule has 0 N–H and O–H groups in total. The van der Waals surface area contributed by atoms with Crippen LogP contribution in [-0.2, 0) is 19.3 Å². The fraction of sp³-hybridized carbons (Fsp3) is 0.571. The van der Waals surface area contributed by atoms with E-state index < -0.39 is 0 Å². The quantitative estimate of drug-likeness (QED) is 0.455. The molecular weight excluding hydrogens is 204 g/mol. The van der Waals surface area contributed by atoms with E-state index in [0.29, 0.717) is 0 Å². The molecule has 1 aromatic rings. The lowest BCUT2D eigenvalue weighted by Crippen LogP contribution is -1.97. The van der Waals surface area contributed by atoms with Crippen molar-refractivity contribution < 1.29 is 0 Å². The van der Waals surface area contributed by atoms with Crippen molar-refractivity contribution in [3.8, 4) is 0 Å². The zero-order valence-corrected chi connectivity index (χ0v) is 9.82. The Bertz CT molecular complexity index is 381. The monoisotopic (exact) mass is 220 g/mol. The molecule has 0 amide bonds. The Labute approximate surface area is 96.6 Å². The molecule has 15 heavy (non-hydrogen) atoms. The molecule has 1 atom stereocenters. The second-order valence-corrected chi connectivity index (χ2v) is 5.41. The van der Waals surface area contributed by atoms with Crippen molar-refractivity contribution in [1.82, 2.24) is 0 Å². The molecule has 0 radical (unpaired) electrons. The van der Waals surface area contributed by atoms with Crippen LogP contribution in [-0.4, -0.2) is 0 Å². The highest BCUT2D eigenvalue weighted by Crippen LogP contribution is 2.36. The first kappa shape index (κ1) is 9.72. The van der Waals surface area contributed by atoms with Crippen molar-refractivity contribution in [1.29, 1.82) is 0 Å². The highest BCUT2D eigenvalue weighted by molar-refractivity contribution is 6.20. The Morgan fingerprint density at radius 2 is 1.60 bits per heavy atom. The molecule has 0 saturated carbocycles. The number of aryl methyl sites for hydroxylation is 3. The van der Waals surface area contributed by atoms with E-state index in [1.54, 1.807) is 11.1 Å². The van der Waals surface area contributed by atoms with Crippen molar-refractivity contribution >= 4 is 11.6 Å². The molecule has 2 aliphatic carbocycles. The van der Waals surface area contributed by atoms with Crippen molar-refractivity contribution in [2.45, 2.75) is 50.3 Å². The van der Waals surface area contributed by atoms with Gasteiger partial charge in [0.25, 0.3) is 0 Å². The largest absolute Gasteiger partial charge is 0.118 e. The lowest BCUT2D eigenvalue weighted by atomic mass is 9.97. The van der Waals surface area contributed by atoms with E-state index in [1.807, 2.05) is 0 Å². The fourth-order valence-corrected chi connectivity index (χ4v) is 3.35. The van der Waals surface area contributed by atoms with E-state index in [4.69, 9.17) is 11.6 Å². The second kappa shape index (κ2) is 3.83. The number of benzene rings is 1. The van der Waals surface area contributed by atoms with Crippen molar-refractivity contribution in [2.75, 3.05) is 0 Å². The van der Waals surface area contributed by atoms with Gasteiger partial charge in [0, 0.05) is 0 Å².